The van der Waals surface area contributed by atoms with Crippen LogP contribution in [0.3, 0.4) is 0 Å². The van der Waals surface area contributed by atoms with Crippen molar-refractivity contribution in [2.24, 2.45) is 5.92 Å². The van der Waals surface area contributed by atoms with E-state index >= 15 is 0 Å². The summed E-state index contributed by atoms with van der Waals surface area (Å²) in [5.41, 5.74) is 0.200. The van der Waals surface area contributed by atoms with Crippen molar-refractivity contribution in [3.8, 4) is 0 Å². The van der Waals surface area contributed by atoms with Gasteiger partial charge >= 0.3 is 6.03 Å². The molecule has 1 saturated heterocycles. The normalized spacial score (nSPS) is 15.2. The van der Waals surface area contributed by atoms with Crippen molar-refractivity contribution in [1.82, 2.24) is 10.2 Å². The van der Waals surface area contributed by atoms with Crippen LogP contribution in [0.15, 0.2) is 24.3 Å². The Kier molecular flexibility index (Phi) is 6.99. The second kappa shape index (κ2) is 9.22. The molecule has 0 atom stereocenters. The van der Waals surface area contributed by atoms with E-state index in [9.17, 15) is 14.0 Å². The monoisotopic (exact) mass is 337 g/mol. The summed E-state index contributed by atoms with van der Waals surface area (Å²) in [6.45, 7) is 1.97. The highest BCUT2D eigenvalue weighted by Gasteiger charge is 2.23. The third kappa shape index (κ3) is 5.49. The number of anilines is 1. The first-order valence-electron chi connectivity index (χ1n) is 8.16. The summed E-state index contributed by atoms with van der Waals surface area (Å²) in [6, 6.07) is 5.86. The van der Waals surface area contributed by atoms with Gasteiger partial charge in [0.15, 0.2) is 0 Å². The van der Waals surface area contributed by atoms with Crippen molar-refractivity contribution >= 4 is 17.6 Å². The third-order valence-corrected chi connectivity index (χ3v) is 4.17. The van der Waals surface area contributed by atoms with Gasteiger partial charge in [-0.2, -0.15) is 0 Å². The van der Waals surface area contributed by atoms with Gasteiger partial charge in [0.05, 0.1) is 5.69 Å². The molecule has 0 spiro atoms. The summed E-state index contributed by atoms with van der Waals surface area (Å²) in [5, 5.41) is 5.41. The molecule has 1 fully saturated rings. The third-order valence-electron chi connectivity index (χ3n) is 4.17. The van der Waals surface area contributed by atoms with E-state index in [1.807, 2.05) is 0 Å². The zero-order valence-corrected chi connectivity index (χ0v) is 13.9. The summed E-state index contributed by atoms with van der Waals surface area (Å²) in [5.74, 6) is -0.0721. The lowest BCUT2D eigenvalue weighted by Gasteiger charge is -2.32. The maximum atomic E-state index is 13.6. The smallest absolute Gasteiger partial charge is 0.321 e. The topological polar surface area (TPSA) is 70.7 Å². The highest BCUT2D eigenvalue weighted by atomic mass is 19.1. The van der Waals surface area contributed by atoms with Crippen LogP contribution < -0.4 is 10.6 Å². The van der Waals surface area contributed by atoms with Crippen LogP contribution in [0.25, 0.3) is 0 Å². The lowest BCUT2D eigenvalue weighted by molar-refractivity contribution is -0.124. The average Bonchev–Trinajstić information content (AvgIpc) is 2.58. The van der Waals surface area contributed by atoms with Crippen LogP contribution in [0, 0.1) is 11.7 Å². The Bertz CT molecular complexity index is 560. The first-order chi connectivity index (χ1) is 11.6. The van der Waals surface area contributed by atoms with Gasteiger partial charge in [-0.05, 0) is 37.3 Å². The molecule has 1 aromatic carbocycles. The lowest BCUT2D eigenvalue weighted by Crippen LogP contribution is -2.41. The number of amides is 3. The number of carbonyl (C=O) groups excluding carboxylic acids is 2. The largest absolute Gasteiger partial charge is 0.375 e. The number of para-hydroxylation sites is 1. The highest BCUT2D eigenvalue weighted by molar-refractivity contribution is 5.89. The number of ether oxygens (including phenoxy) is 1. The summed E-state index contributed by atoms with van der Waals surface area (Å²) < 4.78 is 18.3. The molecule has 3 amide bonds. The van der Waals surface area contributed by atoms with Crippen molar-refractivity contribution in [2.45, 2.75) is 19.3 Å². The Balaban J connectivity index is 1.69. The van der Waals surface area contributed by atoms with E-state index in [0.29, 0.717) is 25.6 Å². The van der Waals surface area contributed by atoms with Crippen LogP contribution in [0.4, 0.5) is 14.9 Å². The van der Waals surface area contributed by atoms with Crippen LogP contribution in [0.5, 0.6) is 0 Å². The van der Waals surface area contributed by atoms with E-state index in [-0.39, 0.29) is 24.2 Å². The molecule has 1 aromatic rings. The summed E-state index contributed by atoms with van der Waals surface area (Å²) in [4.78, 5) is 25.2. The van der Waals surface area contributed by atoms with Crippen molar-refractivity contribution in [3.05, 3.63) is 30.1 Å². The minimum atomic E-state index is -0.437. The Hall–Kier alpha value is -2.15. The van der Waals surface area contributed by atoms with Gasteiger partial charge in [0.2, 0.25) is 5.91 Å². The van der Waals surface area contributed by atoms with Gasteiger partial charge < -0.3 is 20.3 Å². The van der Waals surface area contributed by atoms with Crippen molar-refractivity contribution in [1.29, 1.82) is 0 Å². The predicted molar refractivity (Wildman–Crippen MR) is 89.2 cm³/mol. The molecule has 0 saturated carbocycles. The number of hydrogen-bond donors (Lipinski definition) is 2. The molecule has 24 heavy (non-hydrogen) atoms. The molecule has 6 nitrogen and oxygen atoms in total. The van der Waals surface area contributed by atoms with Crippen molar-refractivity contribution in [3.63, 3.8) is 0 Å². The first kappa shape index (κ1) is 18.2. The molecule has 0 radical (unpaired) electrons. The molecule has 1 heterocycles. The molecule has 1 aliphatic heterocycles. The van der Waals surface area contributed by atoms with Gasteiger partial charge in [-0.3, -0.25) is 4.79 Å². The number of nitrogens with one attached hydrogen (secondary N) is 2. The minimum absolute atomic E-state index is 0.0780. The number of rotatable bonds is 6. The van der Waals surface area contributed by atoms with Gasteiger partial charge in [0, 0.05) is 26.7 Å². The fraction of sp³-hybridized carbons (Fsp3) is 0.529. The lowest BCUT2D eigenvalue weighted by atomic mass is 9.94. The van der Waals surface area contributed by atoms with Crippen LogP contribution in [0.2, 0.25) is 0 Å². The zero-order valence-electron chi connectivity index (χ0n) is 13.9. The van der Waals surface area contributed by atoms with E-state index in [1.54, 1.807) is 23.1 Å². The van der Waals surface area contributed by atoms with Crippen LogP contribution in [-0.2, 0) is 9.53 Å². The number of likely N-dealkylation sites (tertiary alicyclic amines) is 1. The fourth-order valence-corrected chi connectivity index (χ4v) is 2.78. The number of piperidine rings is 1. The van der Waals surface area contributed by atoms with Gasteiger partial charge in [-0.15, -0.1) is 0 Å². The molecule has 2 N–H and O–H groups in total. The van der Waals surface area contributed by atoms with Crippen LogP contribution in [0.1, 0.15) is 19.3 Å². The molecular weight excluding hydrogens is 313 g/mol. The number of hydrogen-bond acceptors (Lipinski definition) is 3. The number of halogens is 1. The Morgan fingerprint density at radius 1 is 1.29 bits per heavy atom. The Labute approximate surface area is 141 Å². The number of nitrogens with zero attached hydrogens (tertiary/aromatic N) is 1. The average molecular weight is 337 g/mol. The van der Waals surface area contributed by atoms with E-state index < -0.39 is 5.82 Å². The number of carbonyl (C=O) groups is 2. The summed E-state index contributed by atoms with van der Waals surface area (Å²) in [6.07, 6.45) is 2.65. The quantitative estimate of drug-likeness (QED) is 0.836. The minimum Gasteiger partial charge on any atom is -0.375 e. The van der Waals surface area contributed by atoms with E-state index in [4.69, 9.17) is 4.74 Å². The van der Waals surface area contributed by atoms with Crippen molar-refractivity contribution in [2.75, 3.05) is 38.7 Å². The van der Waals surface area contributed by atoms with Crippen molar-refractivity contribution < 1.29 is 18.7 Å². The van der Waals surface area contributed by atoms with Gasteiger partial charge in [-0.1, -0.05) is 12.1 Å². The summed E-state index contributed by atoms with van der Waals surface area (Å²) in [7, 11) is 1.49. The predicted octanol–water partition coefficient (Wildman–Crippen LogP) is 2.22. The van der Waals surface area contributed by atoms with E-state index in [2.05, 4.69) is 10.6 Å². The molecule has 7 heteroatoms. The first-order valence-corrected chi connectivity index (χ1v) is 8.16. The van der Waals surface area contributed by atoms with E-state index in [0.717, 1.165) is 19.3 Å². The fourth-order valence-electron chi connectivity index (χ4n) is 2.78. The van der Waals surface area contributed by atoms with E-state index in [1.165, 1.54) is 13.2 Å². The SMILES string of the molecule is COCC(=O)NCCC1CCN(C(=O)Nc2ccccc2F)CC1. The maximum Gasteiger partial charge on any atom is 0.321 e. The number of methoxy groups -OCH3 is 1. The molecule has 0 bridgehead atoms. The molecule has 2 rings (SSSR count). The van der Waals surface area contributed by atoms with Gasteiger partial charge in [0.1, 0.15) is 12.4 Å². The summed E-state index contributed by atoms with van der Waals surface area (Å²) >= 11 is 0. The van der Waals surface area contributed by atoms with Gasteiger partial charge in [-0.25, -0.2) is 9.18 Å². The second-order valence-electron chi connectivity index (χ2n) is 5.91. The number of urea groups is 1. The molecule has 0 unspecified atom stereocenters. The number of benzene rings is 1. The Morgan fingerprint density at radius 3 is 2.67 bits per heavy atom. The zero-order chi connectivity index (χ0) is 17.4. The Morgan fingerprint density at radius 2 is 2.00 bits per heavy atom. The van der Waals surface area contributed by atoms with Crippen LogP contribution >= 0.6 is 0 Å². The maximum absolute atomic E-state index is 13.6. The molecule has 132 valence electrons. The molecule has 1 aliphatic rings. The molecular formula is C17H24FN3O3. The highest BCUT2D eigenvalue weighted by Crippen LogP contribution is 2.21. The second-order valence-corrected chi connectivity index (χ2v) is 5.91. The van der Waals surface area contributed by atoms with Gasteiger partial charge in [0.25, 0.3) is 0 Å². The standard InChI is InChI=1S/C17H24FN3O3/c1-24-12-16(22)19-9-6-13-7-10-21(11-8-13)17(23)20-15-5-3-2-4-14(15)18/h2-5,13H,6-12H2,1H3,(H,19,22)(H,20,23). The molecule has 0 aromatic heterocycles. The van der Waals surface area contributed by atoms with Crippen LogP contribution in [-0.4, -0.2) is 50.2 Å². The molecule has 0 aliphatic carbocycles.